The number of aromatic amines is 1. The van der Waals surface area contributed by atoms with Gasteiger partial charge in [0.15, 0.2) is 5.96 Å². The molecule has 1 aliphatic rings. The summed E-state index contributed by atoms with van der Waals surface area (Å²) in [6, 6.07) is 0.461. The van der Waals surface area contributed by atoms with Gasteiger partial charge in [-0.2, -0.15) is 5.10 Å². The van der Waals surface area contributed by atoms with E-state index in [9.17, 15) is 0 Å². The molecular weight excluding hydrogens is 455 g/mol. The second-order valence-electron chi connectivity index (χ2n) is 7.23. The fourth-order valence-corrected chi connectivity index (χ4v) is 3.30. The van der Waals surface area contributed by atoms with Crippen LogP contribution in [0.4, 0.5) is 0 Å². The van der Waals surface area contributed by atoms with E-state index in [-0.39, 0.29) is 24.0 Å². The lowest BCUT2D eigenvalue weighted by Gasteiger charge is -2.36. The highest BCUT2D eigenvalue weighted by molar-refractivity contribution is 14.0. The van der Waals surface area contributed by atoms with Crippen molar-refractivity contribution in [1.82, 2.24) is 25.7 Å². The second kappa shape index (κ2) is 13.3. The molecule has 2 rings (SSSR count). The number of ether oxygens (including phenoxy) is 1. The molecule has 0 spiro atoms. The van der Waals surface area contributed by atoms with Crippen LogP contribution in [-0.4, -0.2) is 73.0 Å². The zero-order chi connectivity index (χ0) is 18.8. The van der Waals surface area contributed by atoms with Crippen LogP contribution in [0.15, 0.2) is 11.2 Å². The predicted molar refractivity (Wildman–Crippen MR) is 122 cm³/mol. The lowest BCUT2D eigenvalue weighted by Crippen LogP contribution is -2.48. The van der Waals surface area contributed by atoms with Crippen LogP contribution in [0.2, 0.25) is 0 Å². The molecule has 156 valence electrons. The van der Waals surface area contributed by atoms with Crippen LogP contribution in [0.1, 0.15) is 38.4 Å². The molecule has 8 heteroatoms. The van der Waals surface area contributed by atoms with Crippen molar-refractivity contribution in [3.05, 3.63) is 17.5 Å². The molecule has 7 nitrogen and oxygen atoms in total. The largest absolute Gasteiger partial charge is 0.379 e. The summed E-state index contributed by atoms with van der Waals surface area (Å²) in [4.78, 5) is 7.37. The number of hydrogen-bond acceptors (Lipinski definition) is 4. The van der Waals surface area contributed by atoms with E-state index in [1.165, 1.54) is 5.56 Å². The zero-order valence-corrected chi connectivity index (χ0v) is 19.6. The van der Waals surface area contributed by atoms with Gasteiger partial charge in [0.2, 0.25) is 0 Å². The van der Waals surface area contributed by atoms with Gasteiger partial charge in [-0.15, -0.1) is 24.0 Å². The van der Waals surface area contributed by atoms with Gasteiger partial charge in [0.05, 0.1) is 26.0 Å². The van der Waals surface area contributed by atoms with Crippen LogP contribution in [-0.2, 0) is 11.2 Å². The van der Waals surface area contributed by atoms with Crippen LogP contribution in [0.25, 0.3) is 0 Å². The van der Waals surface area contributed by atoms with Crippen LogP contribution in [0.5, 0.6) is 0 Å². The fraction of sp³-hybridized carbons (Fsp3) is 0.789. The van der Waals surface area contributed by atoms with Gasteiger partial charge in [0.25, 0.3) is 0 Å². The summed E-state index contributed by atoms with van der Waals surface area (Å²) in [5.74, 6) is 1.49. The molecule has 1 aromatic heterocycles. The molecular formula is C19H37IN6O. The first-order valence-corrected chi connectivity index (χ1v) is 9.94. The fourth-order valence-electron chi connectivity index (χ4n) is 3.30. The lowest BCUT2D eigenvalue weighted by molar-refractivity contribution is 0.00867. The van der Waals surface area contributed by atoms with E-state index in [1.54, 1.807) is 0 Å². The van der Waals surface area contributed by atoms with Crippen LogP contribution in [0.3, 0.4) is 0 Å². The Kier molecular flexibility index (Phi) is 11.9. The molecule has 0 aromatic carbocycles. The Labute approximate surface area is 181 Å². The summed E-state index contributed by atoms with van der Waals surface area (Å²) < 4.78 is 5.49. The smallest absolute Gasteiger partial charge is 0.191 e. The van der Waals surface area contributed by atoms with Crippen LogP contribution in [0, 0.1) is 12.8 Å². The molecule has 0 amide bonds. The third kappa shape index (κ3) is 8.35. The van der Waals surface area contributed by atoms with Crippen molar-refractivity contribution in [2.45, 2.75) is 46.6 Å². The highest BCUT2D eigenvalue weighted by Gasteiger charge is 2.23. The normalized spacial score (nSPS) is 16.9. The monoisotopic (exact) mass is 492 g/mol. The Hall–Kier alpha value is -0.870. The molecule has 2 heterocycles. The number of nitrogens with zero attached hydrogens (tertiary/aromatic N) is 3. The minimum atomic E-state index is 0. The number of morpholine rings is 1. The maximum atomic E-state index is 5.49. The van der Waals surface area contributed by atoms with Crippen LogP contribution >= 0.6 is 24.0 Å². The number of aliphatic imine (C=N–C) groups is 1. The Morgan fingerprint density at radius 3 is 2.67 bits per heavy atom. The summed E-state index contributed by atoms with van der Waals surface area (Å²) >= 11 is 0. The Morgan fingerprint density at radius 2 is 2.07 bits per heavy atom. The van der Waals surface area contributed by atoms with Crippen molar-refractivity contribution in [1.29, 1.82) is 0 Å². The number of hydrogen-bond donors (Lipinski definition) is 3. The third-order valence-corrected chi connectivity index (χ3v) is 4.91. The first kappa shape index (κ1) is 24.2. The maximum Gasteiger partial charge on any atom is 0.191 e. The number of H-pyrrole nitrogens is 1. The molecule has 1 saturated heterocycles. The molecule has 3 N–H and O–H groups in total. The topological polar surface area (TPSA) is 77.6 Å². The maximum absolute atomic E-state index is 5.49. The van der Waals surface area contributed by atoms with Crippen molar-refractivity contribution < 1.29 is 4.74 Å². The molecule has 1 aromatic rings. The van der Waals surface area contributed by atoms with Gasteiger partial charge in [-0.1, -0.05) is 13.8 Å². The number of aromatic nitrogens is 2. The first-order valence-electron chi connectivity index (χ1n) is 9.94. The van der Waals surface area contributed by atoms with E-state index in [4.69, 9.17) is 9.73 Å². The molecule has 0 radical (unpaired) electrons. The van der Waals surface area contributed by atoms with E-state index in [1.807, 2.05) is 6.20 Å². The minimum absolute atomic E-state index is 0. The number of nitrogens with one attached hydrogen (secondary N) is 3. The SMILES string of the molecule is CCNC(=NCC(C(C)C)N1CCOCC1)NCCCc1cn[nH]c1C.I. The Balaban J connectivity index is 0.00000364. The summed E-state index contributed by atoms with van der Waals surface area (Å²) in [5.41, 5.74) is 2.46. The van der Waals surface area contributed by atoms with Gasteiger partial charge in [-0.25, -0.2) is 0 Å². The Bertz CT molecular complexity index is 542. The van der Waals surface area contributed by atoms with Gasteiger partial charge < -0.3 is 15.4 Å². The molecule has 1 aliphatic heterocycles. The van der Waals surface area contributed by atoms with Crippen LogP contribution < -0.4 is 10.6 Å². The summed E-state index contributed by atoms with van der Waals surface area (Å²) in [6.07, 6.45) is 4.00. The third-order valence-electron chi connectivity index (χ3n) is 4.91. The average molecular weight is 492 g/mol. The van der Waals surface area contributed by atoms with Gasteiger partial charge >= 0.3 is 0 Å². The van der Waals surface area contributed by atoms with E-state index in [0.29, 0.717) is 12.0 Å². The predicted octanol–water partition coefficient (Wildman–Crippen LogP) is 2.18. The summed E-state index contributed by atoms with van der Waals surface area (Å²) in [5, 5.41) is 13.9. The molecule has 0 saturated carbocycles. The molecule has 0 aliphatic carbocycles. The zero-order valence-electron chi connectivity index (χ0n) is 17.3. The molecule has 1 atom stereocenters. The molecule has 1 unspecified atom stereocenters. The number of halogens is 1. The number of rotatable bonds is 9. The Morgan fingerprint density at radius 1 is 1.33 bits per heavy atom. The van der Waals surface area contributed by atoms with Gasteiger partial charge in [0.1, 0.15) is 0 Å². The highest BCUT2D eigenvalue weighted by Crippen LogP contribution is 2.13. The summed E-state index contributed by atoms with van der Waals surface area (Å²) in [6.45, 7) is 15.0. The second-order valence-corrected chi connectivity index (χ2v) is 7.23. The van der Waals surface area contributed by atoms with Gasteiger partial charge in [-0.3, -0.25) is 15.0 Å². The van der Waals surface area contributed by atoms with Gasteiger partial charge in [-0.05, 0) is 38.2 Å². The standard InChI is InChI=1S/C19H36N6O.HI/c1-5-20-19(21-8-6-7-17-13-23-24-16(17)4)22-14-18(15(2)3)25-9-11-26-12-10-25;/h13,15,18H,5-12,14H2,1-4H3,(H,23,24)(H2,20,21,22);1H. The lowest BCUT2D eigenvalue weighted by atomic mass is 10.0. The molecule has 1 fully saturated rings. The summed E-state index contributed by atoms with van der Waals surface area (Å²) in [7, 11) is 0. The van der Waals surface area contributed by atoms with E-state index in [2.05, 4.69) is 53.4 Å². The molecule has 27 heavy (non-hydrogen) atoms. The van der Waals surface area contributed by atoms with Gasteiger partial charge in [0, 0.05) is 37.9 Å². The average Bonchev–Trinajstić information content (AvgIpc) is 3.04. The van der Waals surface area contributed by atoms with Crippen molar-refractivity contribution >= 4 is 29.9 Å². The van der Waals surface area contributed by atoms with E-state index in [0.717, 1.165) is 70.4 Å². The van der Waals surface area contributed by atoms with Crippen molar-refractivity contribution in [2.75, 3.05) is 45.9 Å². The quantitative estimate of drug-likeness (QED) is 0.213. The first-order chi connectivity index (χ1) is 12.6. The molecule has 0 bridgehead atoms. The van der Waals surface area contributed by atoms with Crippen molar-refractivity contribution in [3.63, 3.8) is 0 Å². The van der Waals surface area contributed by atoms with Crippen molar-refractivity contribution in [3.8, 4) is 0 Å². The van der Waals surface area contributed by atoms with Crippen molar-refractivity contribution in [2.24, 2.45) is 10.9 Å². The highest BCUT2D eigenvalue weighted by atomic mass is 127. The van der Waals surface area contributed by atoms with E-state index >= 15 is 0 Å². The van der Waals surface area contributed by atoms with E-state index < -0.39 is 0 Å². The minimum Gasteiger partial charge on any atom is -0.379 e. The number of aryl methyl sites for hydroxylation is 2. The number of guanidine groups is 1.